The number of amides is 1. The lowest BCUT2D eigenvalue weighted by atomic mass is 9.89. The number of nitrogens with one attached hydrogen (secondary N) is 1. The quantitative estimate of drug-likeness (QED) is 0.881. The summed E-state index contributed by atoms with van der Waals surface area (Å²) in [7, 11) is 1.58. The maximum atomic E-state index is 14.1. The Hall–Kier alpha value is -1.69. The van der Waals surface area contributed by atoms with Gasteiger partial charge in [0.05, 0.1) is 11.1 Å². The zero-order valence-corrected chi connectivity index (χ0v) is 11.7. The van der Waals surface area contributed by atoms with Crippen molar-refractivity contribution in [3.63, 3.8) is 0 Å². The summed E-state index contributed by atoms with van der Waals surface area (Å²) in [5.41, 5.74) is 5.11. The van der Waals surface area contributed by atoms with E-state index < -0.39 is 17.0 Å². The van der Waals surface area contributed by atoms with E-state index >= 15 is 0 Å². The maximum absolute atomic E-state index is 14.1. The summed E-state index contributed by atoms with van der Waals surface area (Å²) in [6, 6.07) is 3.01. The zero-order valence-electron chi connectivity index (χ0n) is 11.7. The minimum atomic E-state index is -0.904. The maximum Gasteiger partial charge on any atom is 0.227 e. The topological polar surface area (TPSA) is 58.4 Å². The summed E-state index contributed by atoms with van der Waals surface area (Å²) in [4.78, 5) is 13.5. The summed E-state index contributed by atoms with van der Waals surface area (Å²) in [5, 5.41) is 2.61. The third-order valence-electron chi connectivity index (χ3n) is 3.95. The van der Waals surface area contributed by atoms with Crippen LogP contribution in [0.4, 0.5) is 14.5 Å². The minimum absolute atomic E-state index is 0.0427. The molecule has 0 aromatic heterocycles. The first-order chi connectivity index (χ1) is 9.42. The summed E-state index contributed by atoms with van der Waals surface area (Å²) in [5.74, 6) is -1.88. The van der Waals surface area contributed by atoms with Crippen molar-refractivity contribution in [1.82, 2.24) is 5.32 Å². The molecule has 0 radical (unpaired) electrons. The van der Waals surface area contributed by atoms with Crippen LogP contribution in [0.1, 0.15) is 18.9 Å². The Bertz CT molecular complexity index is 535. The van der Waals surface area contributed by atoms with Crippen LogP contribution in [0, 0.1) is 17.0 Å². The molecule has 1 heterocycles. The monoisotopic (exact) mass is 283 g/mol. The second-order valence-corrected chi connectivity index (χ2v) is 5.39. The van der Waals surface area contributed by atoms with Gasteiger partial charge in [-0.1, -0.05) is 6.07 Å². The van der Waals surface area contributed by atoms with Crippen LogP contribution in [0.2, 0.25) is 0 Å². The molecule has 3 N–H and O–H groups in total. The molecular formula is C14H19F2N3O. The Kier molecular flexibility index (Phi) is 3.94. The highest BCUT2D eigenvalue weighted by Gasteiger charge is 2.40. The lowest BCUT2D eigenvalue weighted by Crippen LogP contribution is -2.39. The van der Waals surface area contributed by atoms with Gasteiger partial charge in [-0.3, -0.25) is 4.79 Å². The van der Waals surface area contributed by atoms with E-state index in [0.717, 1.165) is 0 Å². The van der Waals surface area contributed by atoms with Gasteiger partial charge in [-0.15, -0.1) is 0 Å². The van der Waals surface area contributed by atoms with E-state index in [2.05, 4.69) is 5.32 Å². The van der Waals surface area contributed by atoms with E-state index in [1.165, 1.54) is 12.1 Å². The molecule has 1 aromatic rings. The predicted molar refractivity (Wildman–Crippen MR) is 73.3 cm³/mol. The Morgan fingerprint density at radius 3 is 2.75 bits per heavy atom. The first kappa shape index (κ1) is 14.7. The second kappa shape index (κ2) is 5.36. The van der Waals surface area contributed by atoms with Crippen molar-refractivity contribution in [2.45, 2.75) is 19.9 Å². The Morgan fingerprint density at radius 1 is 1.45 bits per heavy atom. The van der Waals surface area contributed by atoms with Crippen LogP contribution in [0.3, 0.4) is 0 Å². The number of hydrogen-bond acceptors (Lipinski definition) is 3. The van der Waals surface area contributed by atoms with Crippen LogP contribution in [0.5, 0.6) is 0 Å². The van der Waals surface area contributed by atoms with Gasteiger partial charge in [-0.2, -0.15) is 0 Å². The number of anilines is 1. The Balaban J connectivity index is 2.27. The van der Waals surface area contributed by atoms with E-state index in [4.69, 9.17) is 5.73 Å². The lowest BCUT2D eigenvalue weighted by Gasteiger charge is -2.24. The largest absolute Gasteiger partial charge is 0.368 e. The van der Waals surface area contributed by atoms with Crippen LogP contribution in [-0.2, 0) is 11.3 Å². The van der Waals surface area contributed by atoms with Crippen LogP contribution >= 0.6 is 0 Å². The van der Waals surface area contributed by atoms with Crippen molar-refractivity contribution in [2.24, 2.45) is 11.1 Å². The first-order valence-electron chi connectivity index (χ1n) is 6.57. The lowest BCUT2D eigenvalue weighted by molar-refractivity contribution is -0.128. The molecular weight excluding hydrogens is 264 g/mol. The summed E-state index contributed by atoms with van der Waals surface area (Å²) in [6.45, 7) is 2.67. The van der Waals surface area contributed by atoms with E-state index in [1.54, 1.807) is 11.9 Å². The van der Waals surface area contributed by atoms with Gasteiger partial charge in [0, 0.05) is 32.2 Å². The molecule has 1 fully saturated rings. The van der Waals surface area contributed by atoms with Crippen molar-refractivity contribution < 1.29 is 13.6 Å². The molecule has 110 valence electrons. The molecule has 1 aliphatic rings. The zero-order chi connectivity index (χ0) is 14.9. The number of carbonyl (C=O) groups excluding carboxylic acids is 1. The summed E-state index contributed by atoms with van der Waals surface area (Å²) in [6.07, 6.45) is 0.604. The molecule has 1 amide bonds. The van der Waals surface area contributed by atoms with E-state index in [0.29, 0.717) is 19.5 Å². The van der Waals surface area contributed by atoms with Crippen LogP contribution in [0.25, 0.3) is 0 Å². The highest BCUT2D eigenvalue weighted by atomic mass is 19.2. The highest BCUT2D eigenvalue weighted by molar-refractivity contribution is 5.83. The van der Waals surface area contributed by atoms with Gasteiger partial charge in [0.25, 0.3) is 0 Å². The number of rotatable bonds is 3. The predicted octanol–water partition coefficient (Wildman–Crippen LogP) is 1.39. The third kappa shape index (κ3) is 2.35. The molecule has 2 rings (SSSR count). The van der Waals surface area contributed by atoms with Gasteiger partial charge in [0.2, 0.25) is 5.91 Å². The molecule has 0 aliphatic carbocycles. The van der Waals surface area contributed by atoms with Gasteiger partial charge in [0.15, 0.2) is 11.6 Å². The van der Waals surface area contributed by atoms with Crippen molar-refractivity contribution in [3.05, 3.63) is 29.3 Å². The standard InChI is InChI=1S/C14H19F2N3O/c1-14(13(20)18-2)5-6-19(8-14)10-4-3-9(7-17)11(15)12(10)16/h3-4H,5-8,17H2,1-2H3,(H,18,20). The fraction of sp³-hybridized carbons (Fsp3) is 0.500. The molecule has 20 heavy (non-hydrogen) atoms. The van der Waals surface area contributed by atoms with Gasteiger partial charge in [0.1, 0.15) is 0 Å². The fourth-order valence-corrected chi connectivity index (χ4v) is 2.63. The molecule has 0 bridgehead atoms. The van der Waals surface area contributed by atoms with E-state index in [1.807, 2.05) is 6.92 Å². The molecule has 1 saturated heterocycles. The number of hydrogen-bond donors (Lipinski definition) is 2. The normalized spacial score (nSPS) is 22.1. The number of carbonyl (C=O) groups is 1. The molecule has 4 nitrogen and oxygen atoms in total. The van der Waals surface area contributed by atoms with Crippen LogP contribution in [-0.4, -0.2) is 26.0 Å². The van der Waals surface area contributed by atoms with E-state index in [-0.39, 0.29) is 23.7 Å². The number of benzene rings is 1. The average molecular weight is 283 g/mol. The highest BCUT2D eigenvalue weighted by Crippen LogP contribution is 2.35. The Labute approximate surface area is 116 Å². The molecule has 0 spiro atoms. The molecule has 6 heteroatoms. The van der Waals surface area contributed by atoms with E-state index in [9.17, 15) is 13.6 Å². The van der Waals surface area contributed by atoms with Crippen molar-refractivity contribution >= 4 is 11.6 Å². The molecule has 1 unspecified atom stereocenters. The van der Waals surface area contributed by atoms with Gasteiger partial charge >= 0.3 is 0 Å². The minimum Gasteiger partial charge on any atom is -0.368 e. The van der Waals surface area contributed by atoms with Crippen LogP contribution in [0.15, 0.2) is 12.1 Å². The molecule has 0 saturated carbocycles. The first-order valence-corrected chi connectivity index (χ1v) is 6.57. The smallest absolute Gasteiger partial charge is 0.227 e. The summed E-state index contributed by atoms with van der Waals surface area (Å²) >= 11 is 0. The Morgan fingerprint density at radius 2 is 2.15 bits per heavy atom. The van der Waals surface area contributed by atoms with Gasteiger partial charge in [-0.25, -0.2) is 8.78 Å². The number of halogens is 2. The van der Waals surface area contributed by atoms with Crippen molar-refractivity contribution in [1.29, 1.82) is 0 Å². The molecule has 1 atom stereocenters. The van der Waals surface area contributed by atoms with Gasteiger partial charge in [-0.05, 0) is 19.4 Å². The summed E-state index contributed by atoms with van der Waals surface area (Å²) < 4.78 is 27.8. The molecule has 1 aromatic carbocycles. The van der Waals surface area contributed by atoms with Crippen LogP contribution < -0.4 is 16.0 Å². The second-order valence-electron chi connectivity index (χ2n) is 5.39. The average Bonchev–Trinajstić information content (AvgIpc) is 2.84. The number of nitrogens with two attached hydrogens (primary N) is 1. The third-order valence-corrected chi connectivity index (χ3v) is 3.95. The van der Waals surface area contributed by atoms with Crippen molar-refractivity contribution in [3.8, 4) is 0 Å². The van der Waals surface area contributed by atoms with Crippen molar-refractivity contribution in [2.75, 3.05) is 25.0 Å². The molecule has 1 aliphatic heterocycles. The fourth-order valence-electron chi connectivity index (χ4n) is 2.63. The number of nitrogens with zero attached hydrogens (tertiary/aromatic N) is 1. The van der Waals surface area contributed by atoms with Gasteiger partial charge < -0.3 is 16.0 Å². The SMILES string of the molecule is CNC(=O)C1(C)CCN(c2ccc(CN)c(F)c2F)C1.